The van der Waals surface area contributed by atoms with Gasteiger partial charge >= 0.3 is 0 Å². The van der Waals surface area contributed by atoms with Crippen LogP contribution in [0.2, 0.25) is 0 Å². The van der Waals surface area contributed by atoms with Crippen molar-refractivity contribution in [1.82, 2.24) is 5.32 Å². The van der Waals surface area contributed by atoms with Gasteiger partial charge in [-0.15, -0.1) is 0 Å². The minimum atomic E-state index is 0.566. The average Bonchev–Trinajstić information content (AvgIpc) is 2.99. The molecule has 0 bridgehead atoms. The van der Waals surface area contributed by atoms with E-state index in [1.165, 1.54) is 36.0 Å². The van der Waals surface area contributed by atoms with Crippen LogP contribution in [0.4, 0.5) is 0 Å². The van der Waals surface area contributed by atoms with E-state index in [0.717, 1.165) is 12.5 Å². The predicted octanol–water partition coefficient (Wildman–Crippen LogP) is 3.75. The van der Waals surface area contributed by atoms with Crippen molar-refractivity contribution >= 4 is 0 Å². The summed E-state index contributed by atoms with van der Waals surface area (Å²) >= 11 is 0. The summed E-state index contributed by atoms with van der Waals surface area (Å²) in [5.41, 5.74) is 4.24. The first kappa shape index (κ1) is 11.7. The first-order valence-electron chi connectivity index (χ1n) is 6.50. The highest BCUT2D eigenvalue weighted by Crippen LogP contribution is 2.37. The van der Waals surface area contributed by atoms with Crippen LogP contribution in [0, 0.1) is 19.8 Å². The molecule has 0 spiro atoms. The number of nitrogens with one attached hydrogen (secondary N) is 1. The molecule has 0 aromatic heterocycles. The molecule has 1 nitrogen and oxygen atoms in total. The van der Waals surface area contributed by atoms with Gasteiger partial charge in [-0.2, -0.15) is 0 Å². The van der Waals surface area contributed by atoms with Crippen LogP contribution in [-0.4, -0.2) is 6.54 Å². The molecule has 1 aromatic carbocycles. The summed E-state index contributed by atoms with van der Waals surface area (Å²) in [5, 5.41) is 3.62. The van der Waals surface area contributed by atoms with Gasteiger partial charge in [0.05, 0.1) is 0 Å². The second-order valence-corrected chi connectivity index (χ2v) is 5.21. The van der Waals surface area contributed by atoms with Crippen LogP contribution in [0.25, 0.3) is 0 Å². The highest BCUT2D eigenvalue weighted by Gasteiger charge is 2.25. The molecule has 0 aliphatic heterocycles. The van der Waals surface area contributed by atoms with Crippen LogP contribution >= 0.6 is 0 Å². The lowest BCUT2D eigenvalue weighted by Gasteiger charge is -2.19. The maximum atomic E-state index is 3.62. The summed E-state index contributed by atoms with van der Waals surface area (Å²) in [6, 6.07) is 7.49. The van der Waals surface area contributed by atoms with Gasteiger partial charge in [-0.1, -0.05) is 49.1 Å². The number of aryl methyl sites for hydroxylation is 2. The quantitative estimate of drug-likeness (QED) is 0.792. The van der Waals surface area contributed by atoms with E-state index in [1.54, 1.807) is 0 Å². The summed E-state index contributed by atoms with van der Waals surface area (Å²) in [7, 11) is 0. The van der Waals surface area contributed by atoms with Gasteiger partial charge in [0.1, 0.15) is 0 Å². The molecule has 1 atom stereocenters. The number of hydrogen-bond donors (Lipinski definition) is 1. The lowest BCUT2D eigenvalue weighted by Crippen LogP contribution is -2.21. The number of hydrogen-bond acceptors (Lipinski definition) is 1. The largest absolute Gasteiger partial charge is 0.310 e. The molecule has 1 unspecified atom stereocenters. The van der Waals surface area contributed by atoms with Gasteiger partial charge in [0.15, 0.2) is 0 Å². The normalized spacial score (nSPS) is 17.4. The van der Waals surface area contributed by atoms with E-state index in [9.17, 15) is 0 Å². The van der Waals surface area contributed by atoms with Crippen LogP contribution < -0.4 is 5.32 Å². The molecule has 0 saturated heterocycles. The molecular weight excluding hydrogens is 194 g/mol. The molecule has 1 aliphatic carbocycles. The van der Waals surface area contributed by atoms with E-state index in [1.807, 2.05) is 0 Å². The van der Waals surface area contributed by atoms with Gasteiger partial charge in [0.25, 0.3) is 0 Å². The summed E-state index contributed by atoms with van der Waals surface area (Å²) in [4.78, 5) is 0. The lowest BCUT2D eigenvalue weighted by atomic mass is 9.97. The zero-order chi connectivity index (χ0) is 11.5. The first-order chi connectivity index (χ1) is 7.69. The maximum Gasteiger partial charge on any atom is 0.0322 e. The van der Waals surface area contributed by atoms with Crippen molar-refractivity contribution in [2.45, 2.75) is 46.1 Å². The second-order valence-electron chi connectivity index (χ2n) is 5.21. The standard InChI is InChI=1S/C15H23N/c1-4-16-15(10-13-5-6-13)14-8-11(2)7-12(3)9-14/h7-9,13,15-16H,4-6,10H2,1-3H3. The van der Waals surface area contributed by atoms with E-state index in [2.05, 4.69) is 44.3 Å². The smallest absolute Gasteiger partial charge is 0.0322 e. The molecule has 1 aromatic rings. The molecule has 1 heteroatoms. The van der Waals surface area contributed by atoms with E-state index < -0.39 is 0 Å². The molecule has 1 aliphatic rings. The number of benzene rings is 1. The van der Waals surface area contributed by atoms with Crippen molar-refractivity contribution in [1.29, 1.82) is 0 Å². The molecule has 16 heavy (non-hydrogen) atoms. The van der Waals surface area contributed by atoms with Crippen molar-refractivity contribution in [2.75, 3.05) is 6.54 Å². The first-order valence-corrected chi connectivity index (χ1v) is 6.50. The number of rotatable bonds is 5. The molecule has 1 saturated carbocycles. The van der Waals surface area contributed by atoms with Crippen molar-refractivity contribution < 1.29 is 0 Å². The van der Waals surface area contributed by atoms with E-state index >= 15 is 0 Å². The maximum absolute atomic E-state index is 3.62. The van der Waals surface area contributed by atoms with Crippen LogP contribution in [0.1, 0.15) is 48.9 Å². The molecule has 88 valence electrons. The Morgan fingerprint density at radius 2 is 1.81 bits per heavy atom. The third-order valence-electron chi connectivity index (χ3n) is 3.36. The molecule has 2 rings (SSSR count). The predicted molar refractivity (Wildman–Crippen MR) is 69.7 cm³/mol. The van der Waals surface area contributed by atoms with Crippen LogP contribution in [0.3, 0.4) is 0 Å². The van der Waals surface area contributed by atoms with Gasteiger partial charge in [-0.3, -0.25) is 0 Å². The topological polar surface area (TPSA) is 12.0 Å². The third kappa shape index (κ3) is 3.08. The highest BCUT2D eigenvalue weighted by molar-refractivity contribution is 5.30. The monoisotopic (exact) mass is 217 g/mol. The van der Waals surface area contributed by atoms with Gasteiger partial charge in [0, 0.05) is 6.04 Å². The average molecular weight is 217 g/mol. The van der Waals surface area contributed by atoms with Crippen LogP contribution in [-0.2, 0) is 0 Å². The molecular formula is C15H23N. The fraction of sp³-hybridized carbons (Fsp3) is 0.600. The molecule has 1 N–H and O–H groups in total. The molecule has 0 heterocycles. The van der Waals surface area contributed by atoms with Gasteiger partial charge in [-0.25, -0.2) is 0 Å². The minimum absolute atomic E-state index is 0.566. The summed E-state index contributed by atoms with van der Waals surface area (Å²) < 4.78 is 0. The SMILES string of the molecule is CCNC(CC1CC1)c1cc(C)cc(C)c1. The summed E-state index contributed by atoms with van der Waals surface area (Å²) in [6.07, 6.45) is 4.19. The van der Waals surface area contributed by atoms with Crippen LogP contribution in [0.5, 0.6) is 0 Å². The molecule has 1 fully saturated rings. The van der Waals surface area contributed by atoms with Gasteiger partial charge < -0.3 is 5.32 Å². The van der Waals surface area contributed by atoms with E-state index in [4.69, 9.17) is 0 Å². The fourth-order valence-corrected chi connectivity index (χ4v) is 2.48. The Labute approximate surface area is 99.3 Å². The Hall–Kier alpha value is -0.820. The Morgan fingerprint density at radius 3 is 2.31 bits per heavy atom. The van der Waals surface area contributed by atoms with Crippen LogP contribution in [0.15, 0.2) is 18.2 Å². The van der Waals surface area contributed by atoms with Crippen molar-refractivity contribution in [3.05, 3.63) is 34.9 Å². The third-order valence-corrected chi connectivity index (χ3v) is 3.36. The zero-order valence-corrected chi connectivity index (χ0v) is 10.7. The Balaban J connectivity index is 2.15. The fourth-order valence-electron chi connectivity index (χ4n) is 2.48. The van der Waals surface area contributed by atoms with E-state index in [-0.39, 0.29) is 0 Å². The second kappa shape index (κ2) is 5.01. The molecule has 0 radical (unpaired) electrons. The minimum Gasteiger partial charge on any atom is -0.310 e. The van der Waals surface area contributed by atoms with Gasteiger partial charge in [0.2, 0.25) is 0 Å². The Kier molecular flexibility index (Phi) is 3.65. The lowest BCUT2D eigenvalue weighted by molar-refractivity contribution is 0.486. The molecule has 0 amide bonds. The summed E-state index contributed by atoms with van der Waals surface area (Å²) in [6.45, 7) is 7.64. The van der Waals surface area contributed by atoms with E-state index in [0.29, 0.717) is 6.04 Å². The van der Waals surface area contributed by atoms with Crippen molar-refractivity contribution in [3.8, 4) is 0 Å². The summed E-state index contributed by atoms with van der Waals surface area (Å²) in [5.74, 6) is 0.977. The van der Waals surface area contributed by atoms with Crippen molar-refractivity contribution in [3.63, 3.8) is 0 Å². The van der Waals surface area contributed by atoms with Gasteiger partial charge in [-0.05, 0) is 38.3 Å². The highest BCUT2D eigenvalue weighted by atomic mass is 14.9. The Bertz CT molecular complexity index is 332. The van der Waals surface area contributed by atoms with Crippen molar-refractivity contribution in [2.24, 2.45) is 5.92 Å². The Morgan fingerprint density at radius 1 is 1.19 bits per heavy atom. The zero-order valence-electron chi connectivity index (χ0n) is 10.7.